The monoisotopic (exact) mass is 273 g/mol. The second-order valence-corrected chi connectivity index (χ2v) is 3.95. The summed E-state index contributed by atoms with van der Waals surface area (Å²) in [5, 5.41) is 0. The Morgan fingerprint density at radius 2 is 1.68 bits per heavy atom. The first-order valence-electron chi connectivity index (χ1n) is 5.70. The normalized spacial score (nSPS) is 25.1. The molecule has 1 aliphatic rings. The summed E-state index contributed by atoms with van der Waals surface area (Å²) in [6.07, 6.45) is 0.435. The van der Waals surface area contributed by atoms with Crippen LogP contribution in [0.5, 0.6) is 0 Å². The molecule has 0 amide bonds. The van der Waals surface area contributed by atoms with E-state index in [4.69, 9.17) is 18.9 Å². The molecule has 1 rings (SSSR count). The van der Waals surface area contributed by atoms with Crippen LogP contribution in [0.1, 0.15) is 20.8 Å². The van der Waals surface area contributed by atoms with Crippen molar-refractivity contribution in [2.24, 2.45) is 0 Å². The van der Waals surface area contributed by atoms with Crippen LogP contribution in [0.4, 0.5) is 0 Å². The van der Waals surface area contributed by atoms with Crippen LogP contribution in [0.3, 0.4) is 0 Å². The zero-order valence-corrected chi connectivity index (χ0v) is 11.0. The number of rotatable bonds is 4. The van der Waals surface area contributed by atoms with Crippen molar-refractivity contribution in [1.82, 2.24) is 0 Å². The molecule has 0 unspecified atom stereocenters. The van der Waals surface area contributed by atoms with E-state index in [2.05, 4.69) is 0 Å². The molecule has 0 saturated carbocycles. The van der Waals surface area contributed by atoms with Crippen molar-refractivity contribution >= 4 is 17.9 Å². The SMILES string of the molecule is CC(=O)OC[C@H]1O[13CH]=C[C@@H](OC(C)=O)[C@H]1OC(C)=O. The van der Waals surface area contributed by atoms with Gasteiger partial charge < -0.3 is 18.9 Å². The lowest BCUT2D eigenvalue weighted by Gasteiger charge is -2.32. The minimum absolute atomic E-state index is 0.102. The molecular formula is C12H16O7. The van der Waals surface area contributed by atoms with E-state index in [0.29, 0.717) is 0 Å². The second kappa shape index (κ2) is 6.77. The van der Waals surface area contributed by atoms with Gasteiger partial charge in [0.15, 0.2) is 18.3 Å². The van der Waals surface area contributed by atoms with Crippen molar-refractivity contribution < 1.29 is 33.3 Å². The van der Waals surface area contributed by atoms with Crippen LogP contribution in [-0.2, 0) is 33.3 Å². The third-order valence-electron chi connectivity index (χ3n) is 2.27. The molecule has 0 saturated heterocycles. The molecule has 0 bridgehead atoms. The van der Waals surface area contributed by atoms with E-state index in [1.54, 1.807) is 0 Å². The predicted molar refractivity (Wildman–Crippen MR) is 61.8 cm³/mol. The Morgan fingerprint density at radius 1 is 1.05 bits per heavy atom. The first-order chi connectivity index (χ1) is 8.90. The van der Waals surface area contributed by atoms with Crippen LogP contribution in [-0.4, -0.2) is 42.8 Å². The number of hydrogen-bond acceptors (Lipinski definition) is 7. The Hall–Kier alpha value is -2.05. The first-order valence-corrected chi connectivity index (χ1v) is 5.70. The standard InChI is InChI=1S/C12H16O7/c1-7(13)17-6-11-12(19-9(3)15)10(4-5-16-11)18-8(2)14/h4-5,10-12H,6H2,1-3H3/t10-,11-,12-/m1/s1/i5+1. The van der Waals surface area contributed by atoms with Crippen LogP contribution in [0.2, 0.25) is 0 Å². The molecule has 0 aromatic rings. The number of carbonyl (C=O) groups is 3. The molecule has 0 N–H and O–H groups in total. The number of ether oxygens (including phenoxy) is 4. The minimum Gasteiger partial charge on any atom is -0.491 e. The van der Waals surface area contributed by atoms with Gasteiger partial charge in [-0.3, -0.25) is 14.4 Å². The van der Waals surface area contributed by atoms with Gasteiger partial charge in [0.1, 0.15) is 6.61 Å². The van der Waals surface area contributed by atoms with Crippen LogP contribution in [0.25, 0.3) is 0 Å². The molecule has 0 spiro atoms. The fourth-order valence-electron chi connectivity index (χ4n) is 1.59. The minimum atomic E-state index is -0.856. The van der Waals surface area contributed by atoms with Gasteiger partial charge in [-0.05, 0) is 6.08 Å². The van der Waals surface area contributed by atoms with E-state index in [1.165, 1.54) is 33.1 Å². The maximum absolute atomic E-state index is 11.1. The van der Waals surface area contributed by atoms with E-state index in [1.807, 2.05) is 0 Å². The van der Waals surface area contributed by atoms with Gasteiger partial charge in [-0.2, -0.15) is 0 Å². The van der Waals surface area contributed by atoms with E-state index >= 15 is 0 Å². The third kappa shape index (κ3) is 4.99. The first kappa shape index (κ1) is 15.0. The Balaban J connectivity index is 2.77. The zero-order valence-electron chi connectivity index (χ0n) is 11.0. The molecule has 1 heterocycles. The Morgan fingerprint density at radius 3 is 2.21 bits per heavy atom. The molecule has 7 heteroatoms. The third-order valence-corrected chi connectivity index (χ3v) is 2.27. The van der Waals surface area contributed by atoms with Gasteiger partial charge in [-0.15, -0.1) is 0 Å². The van der Waals surface area contributed by atoms with Crippen LogP contribution >= 0.6 is 0 Å². The number of hydrogen-bond donors (Lipinski definition) is 0. The van der Waals surface area contributed by atoms with E-state index in [9.17, 15) is 14.4 Å². The summed E-state index contributed by atoms with van der Waals surface area (Å²) >= 11 is 0. The van der Waals surface area contributed by atoms with Crippen molar-refractivity contribution in [3.63, 3.8) is 0 Å². The fraction of sp³-hybridized carbons (Fsp3) is 0.583. The number of esters is 3. The smallest absolute Gasteiger partial charge is 0.303 e. The maximum atomic E-state index is 11.1. The molecule has 19 heavy (non-hydrogen) atoms. The quantitative estimate of drug-likeness (QED) is 0.414. The highest BCUT2D eigenvalue weighted by atomic mass is 16.6. The van der Waals surface area contributed by atoms with E-state index in [0.717, 1.165) is 0 Å². The summed E-state index contributed by atoms with van der Waals surface area (Å²) in [6, 6.07) is 0. The van der Waals surface area contributed by atoms with Gasteiger partial charge in [0, 0.05) is 20.8 Å². The second-order valence-electron chi connectivity index (χ2n) is 3.95. The highest BCUT2D eigenvalue weighted by Crippen LogP contribution is 2.19. The van der Waals surface area contributed by atoms with Crippen molar-refractivity contribution in [2.45, 2.75) is 39.1 Å². The molecule has 1 aliphatic heterocycles. The lowest BCUT2D eigenvalue weighted by atomic mass is 10.1. The predicted octanol–water partition coefficient (Wildman–Crippen LogP) is 0.325. The van der Waals surface area contributed by atoms with Gasteiger partial charge in [0.2, 0.25) is 0 Å². The average Bonchev–Trinajstić information content (AvgIpc) is 2.28. The summed E-state index contributed by atoms with van der Waals surface area (Å²) in [5.74, 6) is -1.54. The van der Waals surface area contributed by atoms with Crippen LogP contribution in [0.15, 0.2) is 12.3 Å². The Labute approximate surface area is 110 Å². The zero-order chi connectivity index (χ0) is 14.4. The summed E-state index contributed by atoms with van der Waals surface area (Å²) in [5.41, 5.74) is 0. The Bertz CT molecular complexity index is 388. The summed E-state index contributed by atoms with van der Waals surface area (Å²) in [7, 11) is 0. The van der Waals surface area contributed by atoms with Gasteiger partial charge >= 0.3 is 17.9 Å². The molecule has 0 aromatic carbocycles. The van der Waals surface area contributed by atoms with Gasteiger partial charge in [0.25, 0.3) is 0 Å². The van der Waals surface area contributed by atoms with Crippen molar-refractivity contribution in [3.05, 3.63) is 12.3 Å². The van der Waals surface area contributed by atoms with E-state index < -0.39 is 36.2 Å². The molecule has 0 fully saturated rings. The van der Waals surface area contributed by atoms with Gasteiger partial charge in [-0.25, -0.2) is 0 Å². The Kier molecular flexibility index (Phi) is 5.35. The summed E-state index contributed by atoms with van der Waals surface area (Å²) in [6.45, 7) is 3.62. The van der Waals surface area contributed by atoms with Crippen LogP contribution < -0.4 is 0 Å². The van der Waals surface area contributed by atoms with Crippen molar-refractivity contribution in [3.8, 4) is 0 Å². The summed E-state index contributed by atoms with van der Waals surface area (Å²) < 4.78 is 20.1. The molecule has 106 valence electrons. The summed E-state index contributed by atoms with van der Waals surface area (Å²) in [4.78, 5) is 32.9. The topological polar surface area (TPSA) is 88.1 Å². The van der Waals surface area contributed by atoms with Gasteiger partial charge in [-0.1, -0.05) is 0 Å². The van der Waals surface area contributed by atoms with Crippen molar-refractivity contribution in [1.29, 1.82) is 0 Å². The maximum Gasteiger partial charge on any atom is 0.303 e. The largest absolute Gasteiger partial charge is 0.491 e. The molecule has 0 aliphatic carbocycles. The van der Waals surface area contributed by atoms with Crippen LogP contribution in [0, 0.1) is 0 Å². The highest BCUT2D eigenvalue weighted by Gasteiger charge is 2.37. The van der Waals surface area contributed by atoms with E-state index in [-0.39, 0.29) is 6.61 Å². The molecule has 0 radical (unpaired) electrons. The molecule has 7 nitrogen and oxygen atoms in total. The lowest BCUT2D eigenvalue weighted by Crippen LogP contribution is -2.47. The van der Waals surface area contributed by atoms with Gasteiger partial charge in [0.05, 0.1) is 6.26 Å². The lowest BCUT2D eigenvalue weighted by molar-refractivity contribution is -0.178. The molecule has 3 atom stereocenters. The number of carbonyl (C=O) groups excluding carboxylic acids is 3. The molecule has 0 aromatic heterocycles. The average molecular weight is 273 g/mol. The highest BCUT2D eigenvalue weighted by molar-refractivity contribution is 5.68. The molecular weight excluding hydrogens is 257 g/mol. The van der Waals surface area contributed by atoms with Crippen molar-refractivity contribution in [2.75, 3.05) is 6.61 Å². The fourth-order valence-corrected chi connectivity index (χ4v) is 1.59.